The first kappa shape index (κ1) is 21.7. The summed E-state index contributed by atoms with van der Waals surface area (Å²) >= 11 is 0. The Hall–Kier alpha value is -7.94. The molecule has 1 heterocycles. The van der Waals surface area contributed by atoms with Gasteiger partial charge >= 0.3 is 0 Å². The van der Waals surface area contributed by atoms with Crippen LogP contribution in [-0.2, 0) is 0 Å². The molecular formula is C58H40N2. The Morgan fingerprint density at radius 2 is 0.950 bits per heavy atom. The molecule has 0 saturated carbocycles. The van der Waals surface area contributed by atoms with Gasteiger partial charge in [-0.2, -0.15) is 0 Å². The molecule has 0 atom stereocenters. The second kappa shape index (κ2) is 15.1. The van der Waals surface area contributed by atoms with E-state index in [9.17, 15) is 13.7 Å². The normalized spacial score (nSPS) is 15.3. The Morgan fingerprint density at radius 3 is 1.77 bits per heavy atom. The first-order chi connectivity index (χ1) is 36.8. The van der Waals surface area contributed by atoms with Gasteiger partial charge in [0.15, 0.2) is 0 Å². The van der Waals surface area contributed by atoms with Crippen LogP contribution in [0, 0.1) is 0 Å². The lowest BCUT2D eigenvalue weighted by Crippen LogP contribution is -2.11. The van der Waals surface area contributed by atoms with Gasteiger partial charge in [-0.3, -0.25) is 0 Å². The zero-order chi connectivity index (χ0) is 54.6. The average Bonchev–Trinajstić information content (AvgIpc) is 3.78. The Morgan fingerprint density at radius 1 is 0.350 bits per heavy atom. The van der Waals surface area contributed by atoms with E-state index < -0.39 is 136 Å². The molecule has 1 aromatic heterocycles. The fourth-order valence-corrected chi connectivity index (χ4v) is 7.68. The molecule has 11 rings (SSSR count). The second-order valence-corrected chi connectivity index (χ2v) is 14.1. The fraction of sp³-hybridized carbons (Fsp3) is 0. The van der Waals surface area contributed by atoms with Crippen LogP contribution < -0.4 is 4.90 Å². The summed E-state index contributed by atoms with van der Waals surface area (Å²) in [5.41, 5.74) is 0.932. The highest BCUT2D eigenvalue weighted by molar-refractivity contribution is 6.10. The van der Waals surface area contributed by atoms with Gasteiger partial charge in [0.25, 0.3) is 0 Å². The summed E-state index contributed by atoms with van der Waals surface area (Å²) in [7, 11) is 0. The number of fused-ring (bicyclic) bond motifs is 4. The van der Waals surface area contributed by atoms with Crippen molar-refractivity contribution in [1.29, 1.82) is 0 Å². The molecule has 0 aliphatic carbocycles. The van der Waals surface area contributed by atoms with Gasteiger partial charge in [-0.05, 0) is 110 Å². The highest BCUT2D eigenvalue weighted by Crippen LogP contribution is 2.43. The third-order valence-electron chi connectivity index (χ3n) is 10.5. The molecule has 0 fully saturated rings. The molecule has 0 saturated heterocycles. The summed E-state index contributed by atoms with van der Waals surface area (Å²) in [6.07, 6.45) is 0. The number of para-hydroxylation sites is 2. The summed E-state index contributed by atoms with van der Waals surface area (Å²) in [6.45, 7) is 0. The molecule has 2 heteroatoms. The predicted octanol–water partition coefficient (Wildman–Crippen LogP) is 16.1. The first-order valence-electron chi connectivity index (χ1n) is 27.7. The van der Waals surface area contributed by atoms with Crippen LogP contribution in [-0.4, -0.2) is 4.57 Å². The number of rotatable bonds is 8. The zero-order valence-electron chi connectivity index (χ0n) is 48.7. The molecule has 0 amide bonds. The maximum Gasteiger partial charge on any atom is 0.0645 e. The fourth-order valence-electron chi connectivity index (χ4n) is 7.68. The lowest BCUT2D eigenvalue weighted by atomic mass is 9.98. The molecule has 10 aromatic carbocycles. The van der Waals surface area contributed by atoms with Crippen molar-refractivity contribution in [3.05, 3.63) is 242 Å². The summed E-state index contributed by atoms with van der Waals surface area (Å²) in [5.74, 6) is 0. The van der Waals surface area contributed by atoms with Crippen molar-refractivity contribution in [2.24, 2.45) is 0 Å². The van der Waals surface area contributed by atoms with E-state index in [0.717, 1.165) is 48.7 Å². The molecule has 11 aromatic rings. The van der Waals surface area contributed by atoms with E-state index in [1.165, 1.54) is 0 Å². The maximum atomic E-state index is 9.82. The Bertz CT molecular complexity index is 4220. The van der Waals surface area contributed by atoms with E-state index in [2.05, 4.69) is 16.7 Å². The number of aromatic nitrogens is 1. The van der Waals surface area contributed by atoms with Gasteiger partial charge < -0.3 is 9.47 Å². The van der Waals surface area contributed by atoms with Crippen molar-refractivity contribution in [3.8, 4) is 50.2 Å². The van der Waals surface area contributed by atoms with Gasteiger partial charge in [-0.1, -0.05) is 182 Å². The van der Waals surface area contributed by atoms with Gasteiger partial charge in [-0.25, -0.2) is 0 Å². The van der Waals surface area contributed by atoms with Gasteiger partial charge in [-0.15, -0.1) is 0 Å². The van der Waals surface area contributed by atoms with Crippen LogP contribution in [0.1, 0.15) is 23.3 Å². The molecular weight excluding hydrogens is 725 g/mol. The van der Waals surface area contributed by atoms with Crippen molar-refractivity contribution >= 4 is 49.6 Å². The van der Waals surface area contributed by atoms with E-state index >= 15 is 0 Å². The lowest BCUT2D eigenvalue weighted by molar-refractivity contribution is 1.19. The van der Waals surface area contributed by atoms with E-state index in [0.29, 0.717) is 11.1 Å². The third-order valence-corrected chi connectivity index (χ3v) is 10.5. The molecule has 0 unspecified atom stereocenters. The van der Waals surface area contributed by atoms with Crippen molar-refractivity contribution in [2.45, 2.75) is 0 Å². The number of hydrogen-bond donors (Lipinski definition) is 0. The van der Waals surface area contributed by atoms with Gasteiger partial charge in [0.05, 0.1) is 40.0 Å². The van der Waals surface area contributed by atoms with Crippen LogP contribution in [0.4, 0.5) is 17.1 Å². The SMILES string of the molecule is [2H]c1c([2H])c([2H])c(-c2c([2H])c([2H])c(-c3c([2H])c([2H])c([2H])c([2H])c3N(c3ccc(-c4ccccc4)cc3)c3c([2H])c([2H])c(-c4ccc5c(c4)c4ccccc4n5-c4ccc5ccccc5c4)c([2H])c3[2H])c([2H])c2[2H])c([2H])c1[2H]. The van der Waals surface area contributed by atoms with E-state index in [4.69, 9.17) is 9.60 Å². The second-order valence-electron chi connectivity index (χ2n) is 14.1. The molecule has 2 nitrogen and oxygen atoms in total. The highest BCUT2D eigenvalue weighted by atomic mass is 15.1. The lowest BCUT2D eigenvalue weighted by Gasteiger charge is -2.28. The van der Waals surface area contributed by atoms with Crippen LogP contribution in [0.15, 0.2) is 242 Å². The predicted molar refractivity (Wildman–Crippen MR) is 255 cm³/mol. The van der Waals surface area contributed by atoms with Gasteiger partial charge in [0.2, 0.25) is 0 Å². The zero-order valence-corrected chi connectivity index (χ0v) is 31.7. The van der Waals surface area contributed by atoms with Crippen molar-refractivity contribution in [2.75, 3.05) is 4.90 Å². The Kier molecular flexibility index (Phi) is 5.46. The smallest absolute Gasteiger partial charge is 0.0645 e. The molecule has 0 aliphatic heterocycles. The average molecular weight is 782 g/mol. The minimum atomic E-state index is -0.897. The van der Waals surface area contributed by atoms with Crippen molar-refractivity contribution in [3.63, 3.8) is 0 Å². The van der Waals surface area contributed by atoms with Crippen LogP contribution in [0.5, 0.6) is 0 Å². The highest BCUT2D eigenvalue weighted by Gasteiger charge is 2.19. The topological polar surface area (TPSA) is 8.17 Å². The molecule has 0 radical (unpaired) electrons. The Balaban J connectivity index is 1.16. The largest absolute Gasteiger partial charge is 0.310 e. The maximum absolute atomic E-state index is 9.82. The molecule has 282 valence electrons. The summed E-state index contributed by atoms with van der Waals surface area (Å²) in [6, 6.07) is 30.2. The monoisotopic (exact) mass is 781 g/mol. The van der Waals surface area contributed by atoms with Crippen molar-refractivity contribution < 1.29 is 23.3 Å². The minimum Gasteiger partial charge on any atom is -0.310 e. The van der Waals surface area contributed by atoms with E-state index in [1.54, 1.807) is 30.3 Å². The van der Waals surface area contributed by atoms with E-state index in [1.807, 2.05) is 97.1 Å². The van der Waals surface area contributed by atoms with Crippen LogP contribution in [0.3, 0.4) is 0 Å². The van der Waals surface area contributed by atoms with Crippen LogP contribution in [0.2, 0.25) is 0 Å². The van der Waals surface area contributed by atoms with Gasteiger partial charge in [0.1, 0.15) is 0 Å². The van der Waals surface area contributed by atoms with Crippen molar-refractivity contribution in [1.82, 2.24) is 4.57 Å². The number of anilines is 3. The summed E-state index contributed by atoms with van der Waals surface area (Å²) in [4.78, 5) is 1.11. The molecule has 0 spiro atoms. The third kappa shape index (κ3) is 6.41. The molecule has 0 N–H and O–H groups in total. The quantitative estimate of drug-likeness (QED) is 0.149. The first-order valence-corrected chi connectivity index (χ1v) is 19.2. The molecule has 60 heavy (non-hydrogen) atoms. The molecule has 0 bridgehead atoms. The molecule has 0 aliphatic rings. The number of hydrogen-bond acceptors (Lipinski definition) is 1. The number of benzene rings is 10. The summed E-state index contributed by atoms with van der Waals surface area (Å²) in [5, 5.41) is 3.77. The van der Waals surface area contributed by atoms with Crippen LogP contribution >= 0.6 is 0 Å². The van der Waals surface area contributed by atoms with E-state index in [-0.39, 0.29) is 11.3 Å². The standard InChI is InChI=1S/C58H40N2/c1-3-13-41(14-4-1)44-23-25-47(26-24-44)53-19-9-11-21-56(53)59(50-33-27-45(28-34-50)42-15-5-2-6-16-42)51-35-29-46(30-36-51)49-32-38-58-55(40-49)54-20-10-12-22-57(54)60(58)52-37-31-43-17-7-8-18-48(43)39-52/h1-40H/i1D,3D,4D,9D,11D,13D,14D,19D,21D,23D,24D,25D,26D,29D,30D,35D,36D. The number of nitrogens with zero attached hydrogens (tertiary/aromatic N) is 2. The minimum absolute atomic E-state index is 0.0643. The van der Waals surface area contributed by atoms with Gasteiger partial charge in [0, 0.05) is 33.4 Å². The Labute approximate surface area is 374 Å². The summed E-state index contributed by atoms with van der Waals surface area (Å²) < 4.78 is 157. The van der Waals surface area contributed by atoms with Crippen LogP contribution in [0.25, 0.3) is 82.8 Å².